The lowest BCUT2D eigenvalue weighted by atomic mass is 9.85. The van der Waals surface area contributed by atoms with E-state index in [2.05, 4.69) is 0 Å². The largest absolute Gasteiger partial charge is 0.481 e. The first-order valence-electron chi connectivity index (χ1n) is 6.31. The standard InChI is InChI=1S/C13H23NO4/c1-12(2,3)18-11(17)14-8-7-13(4,9-14)6-5-10(15)16/h5-9H2,1-4H3,(H,15,16). The molecule has 0 aliphatic carbocycles. The van der Waals surface area contributed by atoms with Crippen molar-refractivity contribution in [3.05, 3.63) is 0 Å². The molecule has 0 saturated carbocycles. The Morgan fingerprint density at radius 3 is 2.50 bits per heavy atom. The zero-order chi connectivity index (χ0) is 14.0. The van der Waals surface area contributed by atoms with Crippen molar-refractivity contribution < 1.29 is 19.4 Å². The Labute approximate surface area is 108 Å². The third-order valence-corrected chi connectivity index (χ3v) is 3.15. The monoisotopic (exact) mass is 257 g/mol. The van der Waals surface area contributed by atoms with Crippen LogP contribution in [0.25, 0.3) is 0 Å². The number of hydrogen-bond acceptors (Lipinski definition) is 3. The van der Waals surface area contributed by atoms with Crippen molar-refractivity contribution in [1.82, 2.24) is 4.90 Å². The zero-order valence-corrected chi connectivity index (χ0v) is 11.7. The van der Waals surface area contributed by atoms with Gasteiger partial charge in [-0.05, 0) is 39.0 Å². The lowest BCUT2D eigenvalue weighted by Crippen LogP contribution is -2.36. The van der Waals surface area contributed by atoms with E-state index in [0.717, 1.165) is 6.42 Å². The SMILES string of the molecule is CC1(CCC(=O)O)CCN(C(=O)OC(C)(C)C)C1. The van der Waals surface area contributed by atoms with Crippen LogP contribution in [-0.4, -0.2) is 40.8 Å². The first kappa shape index (κ1) is 14.8. The highest BCUT2D eigenvalue weighted by atomic mass is 16.6. The van der Waals surface area contributed by atoms with Gasteiger partial charge in [0.25, 0.3) is 0 Å². The first-order valence-corrected chi connectivity index (χ1v) is 6.31. The Kier molecular flexibility index (Phi) is 4.24. The number of amides is 1. The molecule has 1 unspecified atom stereocenters. The van der Waals surface area contributed by atoms with Crippen LogP contribution < -0.4 is 0 Å². The Balaban J connectivity index is 2.49. The molecule has 1 aliphatic heterocycles. The van der Waals surface area contributed by atoms with Crippen LogP contribution in [0.3, 0.4) is 0 Å². The summed E-state index contributed by atoms with van der Waals surface area (Å²) in [6.07, 6.45) is 1.28. The number of likely N-dealkylation sites (tertiary alicyclic amines) is 1. The van der Waals surface area contributed by atoms with Crippen LogP contribution in [-0.2, 0) is 9.53 Å². The minimum atomic E-state index is -0.785. The van der Waals surface area contributed by atoms with E-state index in [-0.39, 0.29) is 17.9 Å². The molecule has 1 aliphatic rings. The zero-order valence-electron chi connectivity index (χ0n) is 11.7. The molecule has 0 bridgehead atoms. The smallest absolute Gasteiger partial charge is 0.410 e. The molecule has 0 radical (unpaired) electrons. The third kappa shape index (κ3) is 4.55. The van der Waals surface area contributed by atoms with E-state index in [1.54, 1.807) is 4.90 Å². The maximum absolute atomic E-state index is 11.9. The average molecular weight is 257 g/mol. The number of hydrogen-bond donors (Lipinski definition) is 1. The first-order chi connectivity index (χ1) is 8.11. The van der Waals surface area contributed by atoms with Crippen molar-refractivity contribution >= 4 is 12.1 Å². The molecular formula is C13H23NO4. The van der Waals surface area contributed by atoms with Crippen LogP contribution in [0.15, 0.2) is 0 Å². The fourth-order valence-corrected chi connectivity index (χ4v) is 2.12. The maximum Gasteiger partial charge on any atom is 0.410 e. The Morgan fingerprint density at radius 2 is 2.00 bits per heavy atom. The summed E-state index contributed by atoms with van der Waals surface area (Å²) in [4.78, 5) is 24.1. The molecule has 0 spiro atoms. The van der Waals surface area contributed by atoms with E-state index < -0.39 is 11.6 Å². The molecular weight excluding hydrogens is 234 g/mol. The molecule has 1 heterocycles. The molecule has 1 atom stereocenters. The molecule has 104 valence electrons. The second-order valence-corrected chi connectivity index (χ2v) is 6.36. The van der Waals surface area contributed by atoms with E-state index >= 15 is 0 Å². The summed E-state index contributed by atoms with van der Waals surface area (Å²) in [7, 11) is 0. The molecule has 18 heavy (non-hydrogen) atoms. The van der Waals surface area contributed by atoms with Gasteiger partial charge >= 0.3 is 12.1 Å². The van der Waals surface area contributed by atoms with Crippen molar-refractivity contribution in [2.45, 2.75) is 52.6 Å². The van der Waals surface area contributed by atoms with Gasteiger partial charge in [0.05, 0.1) is 0 Å². The van der Waals surface area contributed by atoms with Crippen LogP contribution in [0.4, 0.5) is 4.79 Å². The van der Waals surface area contributed by atoms with Gasteiger partial charge in [0.15, 0.2) is 0 Å². The van der Waals surface area contributed by atoms with Gasteiger partial charge in [-0.15, -0.1) is 0 Å². The molecule has 1 saturated heterocycles. The van der Waals surface area contributed by atoms with E-state index in [1.165, 1.54) is 0 Å². The van der Waals surface area contributed by atoms with Gasteiger partial charge in [0, 0.05) is 19.5 Å². The van der Waals surface area contributed by atoms with Crippen LogP contribution >= 0.6 is 0 Å². The summed E-state index contributed by atoms with van der Waals surface area (Å²) in [5.41, 5.74) is -0.591. The van der Waals surface area contributed by atoms with Crippen LogP contribution in [0.5, 0.6) is 0 Å². The van der Waals surface area contributed by atoms with Crippen LogP contribution in [0.2, 0.25) is 0 Å². The minimum absolute atomic E-state index is 0.102. The molecule has 1 rings (SSSR count). The number of nitrogens with zero attached hydrogens (tertiary/aromatic N) is 1. The number of aliphatic carboxylic acids is 1. The second kappa shape index (κ2) is 5.16. The highest BCUT2D eigenvalue weighted by Crippen LogP contribution is 2.35. The van der Waals surface area contributed by atoms with Gasteiger partial charge in [-0.3, -0.25) is 4.79 Å². The highest BCUT2D eigenvalue weighted by Gasteiger charge is 2.37. The second-order valence-electron chi connectivity index (χ2n) is 6.36. The number of carbonyl (C=O) groups is 2. The minimum Gasteiger partial charge on any atom is -0.481 e. The summed E-state index contributed by atoms with van der Waals surface area (Å²) < 4.78 is 5.31. The topological polar surface area (TPSA) is 66.8 Å². The number of rotatable bonds is 3. The Hall–Kier alpha value is -1.26. The molecule has 1 N–H and O–H groups in total. The van der Waals surface area contributed by atoms with Gasteiger partial charge in [-0.25, -0.2) is 4.79 Å². The lowest BCUT2D eigenvalue weighted by molar-refractivity contribution is -0.137. The normalized spacial score (nSPS) is 24.1. The van der Waals surface area contributed by atoms with Gasteiger partial charge in [0.2, 0.25) is 0 Å². The molecule has 1 fully saturated rings. The van der Waals surface area contributed by atoms with Crippen molar-refractivity contribution in [2.75, 3.05) is 13.1 Å². The fraction of sp³-hybridized carbons (Fsp3) is 0.846. The van der Waals surface area contributed by atoms with Gasteiger partial charge in [-0.1, -0.05) is 6.92 Å². The number of ether oxygens (including phenoxy) is 1. The predicted octanol–water partition coefficient (Wildman–Crippen LogP) is 2.50. The van der Waals surface area contributed by atoms with Gasteiger partial charge < -0.3 is 14.7 Å². The van der Waals surface area contributed by atoms with Crippen LogP contribution in [0, 0.1) is 5.41 Å². The highest BCUT2D eigenvalue weighted by molar-refractivity contribution is 5.69. The van der Waals surface area contributed by atoms with Crippen molar-refractivity contribution in [3.8, 4) is 0 Å². The van der Waals surface area contributed by atoms with E-state index in [0.29, 0.717) is 19.5 Å². The van der Waals surface area contributed by atoms with Crippen molar-refractivity contribution in [3.63, 3.8) is 0 Å². The number of carboxylic acids is 1. The van der Waals surface area contributed by atoms with Crippen molar-refractivity contribution in [2.24, 2.45) is 5.41 Å². The molecule has 0 aromatic heterocycles. The van der Waals surface area contributed by atoms with E-state index in [9.17, 15) is 9.59 Å². The summed E-state index contributed by atoms with van der Waals surface area (Å²) in [5.74, 6) is -0.785. The Bertz CT molecular complexity index is 334. The molecule has 0 aromatic carbocycles. The fourth-order valence-electron chi connectivity index (χ4n) is 2.12. The predicted molar refractivity (Wildman–Crippen MR) is 67.4 cm³/mol. The van der Waals surface area contributed by atoms with E-state index in [4.69, 9.17) is 9.84 Å². The maximum atomic E-state index is 11.9. The van der Waals surface area contributed by atoms with Crippen molar-refractivity contribution in [1.29, 1.82) is 0 Å². The van der Waals surface area contributed by atoms with Gasteiger partial charge in [-0.2, -0.15) is 0 Å². The summed E-state index contributed by atoms with van der Waals surface area (Å²) in [6.45, 7) is 8.76. The summed E-state index contributed by atoms with van der Waals surface area (Å²) in [5, 5.41) is 8.71. The quantitative estimate of drug-likeness (QED) is 0.843. The summed E-state index contributed by atoms with van der Waals surface area (Å²) >= 11 is 0. The number of carbonyl (C=O) groups excluding carboxylic acids is 1. The van der Waals surface area contributed by atoms with Crippen LogP contribution in [0.1, 0.15) is 47.0 Å². The molecule has 0 aromatic rings. The number of carboxylic acid groups (broad SMARTS) is 1. The summed E-state index contributed by atoms with van der Waals surface area (Å²) in [6, 6.07) is 0. The van der Waals surface area contributed by atoms with E-state index in [1.807, 2.05) is 27.7 Å². The molecule has 5 nitrogen and oxygen atoms in total. The Morgan fingerprint density at radius 1 is 1.39 bits per heavy atom. The molecule has 5 heteroatoms. The molecule has 1 amide bonds. The lowest BCUT2D eigenvalue weighted by Gasteiger charge is -2.26. The van der Waals surface area contributed by atoms with Gasteiger partial charge in [0.1, 0.15) is 5.60 Å². The average Bonchev–Trinajstić information content (AvgIpc) is 2.56. The third-order valence-electron chi connectivity index (χ3n) is 3.15.